The lowest BCUT2D eigenvalue weighted by Gasteiger charge is -2.11. The number of aryl methyl sites for hydroxylation is 2. The first kappa shape index (κ1) is 29.0. The van der Waals surface area contributed by atoms with Gasteiger partial charge in [-0.2, -0.15) is 15.2 Å². The minimum atomic E-state index is -0.168. The minimum absolute atomic E-state index is 0.168. The number of benzene rings is 4. The average Bonchev–Trinajstić information content (AvgIpc) is 3.62. The second kappa shape index (κ2) is 13.0. The van der Waals surface area contributed by atoms with Gasteiger partial charge in [0, 0.05) is 28.0 Å². The average molecular weight is 597 g/mol. The van der Waals surface area contributed by atoms with E-state index in [0.29, 0.717) is 23.6 Å². The van der Waals surface area contributed by atoms with Crippen LogP contribution in [-0.2, 0) is 4.79 Å². The van der Waals surface area contributed by atoms with E-state index in [9.17, 15) is 4.79 Å². The molecule has 1 amide bonds. The van der Waals surface area contributed by atoms with E-state index in [2.05, 4.69) is 43.8 Å². The summed E-state index contributed by atoms with van der Waals surface area (Å²) >= 11 is 1.66. The predicted octanol–water partition coefficient (Wildman–Crippen LogP) is 8.30. The number of aromatic nitrogens is 2. The van der Waals surface area contributed by atoms with Crippen LogP contribution < -0.4 is 9.75 Å². The number of anilines is 1. The van der Waals surface area contributed by atoms with Crippen LogP contribution in [0.3, 0.4) is 0 Å². The topological polar surface area (TPSA) is 59.7 Å². The summed E-state index contributed by atoms with van der Waals surface area (Å²) < 4.78 is 7.67. The number of para-hydroxylation sites is 2. The van der Waals surface area contributed by atoms with Crippen LogP contribution in [0.1, 0.15) is 16.7 Å². The lowest BCUT2D eigenvalue weighted by Crippen LogP contribution is -2.21. The van der Waals surface area contributed by atoms with Crippen LogP contribution in [0.25, 0.3) is 23.0 Å². The molecule has 4 aromatic carbocycles. The Kier molecular flexibility index (Phi) is 8.57. The predicted molar refractivity (Wildman–Crippen MR) is 181 cm³/mol. The Morgan fingerprint density at radius 3 is 2.27 bits per heavy atom. The molecule has 1 aliphatic rings. The van der Waals surface area contributed by atoms with Crippen molar-refractivity contribution in [1.82, 2.24) is 9.78 Å². The molecule has 1 aliphatic heterocycles. The zero-order valence-electron chi connectivity index (χ0n) is 24.7. The Balaban J connectivity index is 1.43. The maximum Gasteiger partial charge on any atom is 0.280 e. The van der Waals surface area contributed by atoms with Crippen LogP contribution in [0.2, 0.25) is 0 Å². The maximum absolute atomic E-state index is 14.0. The molecule has 0 radical (unpaired) electrons. The van der Waals surface area contributed by atoms with Crippen molar-refractivity contribution in [1.29, 1.82) is 0 Å². The molecule has 0 N–H and O–H groups in total. The van der Waals surface area contributed by atoms with Gasteiger partial charge in [-0.05, 0) is 80.1 Å². The third-order valence-corrected chi connectivity index (χ3v) is 8.24. The summed E-state index contributed by atoms with van der Waals surface area (Å²) in [6.45, 7) is 8.27. The third-order valence-electron chi connectivity index (χ3n) is 7.22. The molecule has 2 heterocycles. The molecule has 0 saturated carbocycles. The van der Waals surface area contributed by atoms with E-state index in [1.807, 2.05) is 96.7 Å². The van der Waals surface area contributed by atoms with Gasteiger partial charge in [0.2, 0.25) is 0 Å². The van der Waals surface area contributed by atoms with E-state index >= 15 is 0 Å². The van der Waals surface area contributed by atoms with Crippen molar-refractivity contribution in [2.24, 2.45) is 5.10 Å². The van der Waals surface area contributed by atoms with Gasteiger partial charge in [0.15, 0.2) is 0 Å². The molecule has 44 heavy (non-hydrogen) atoms. The molecule has 6 nitrogen and oxygen atoms in total. The number of carbonyl (C=O) groups is 1. The molecule has 0 fully saturated rings. The lowest BCUT2D eigenvalue weighted by molar-refractivity contribution is -0.114. The molecule has 0 aliphatic carbocycles. The number of rotatable bonds is 10. The molecule has 0 atom stereocenters. The van der Waals surface area contributed by atoms with Crippen molar-refractivity contribution in [3.63, 3.8) is 0 Å². The van der Waals surface area contributed by atoms with Crippen molar-refractivity contribution in [2.75, 3.05) is 17.4 Å². The first-order chi connectivity index (χ1) is 21.5. The maximum atomic E-state index is 14.0. The zero-order valence-corrected chi connectivity index (χ0v) is 25.5. The van der Waals surface area contributed by atoms with E-state index in [-0.39, 0.29) is 5.91 Å². The van der Waals surface area contributed by atoms with E-state index < -0.39 is 0 Å². The van der Waals surface area contributed by atoms with Gasteiger partial charge in [-0.3, -0.25) is 4.79 Å². The van der Waals surface area contributed by atoms with E-state index in [1.54, 1.807) is 17.8 Å². The van der Waals surface area contributed by atoms with E-state index in [4.69, 9.17) is 14.9 Å². The number of ether oxygens (including phenoxy) is 1. The first-order valence-electron chi connectivity index (χ1n) is 14.4. The van der Waals surface area contributed by atoms with E-state index in [1.165, 1.54) is 10.6 Å². The molecule has 5 aromatic rings. The van der Waals surface area contributed by atoms with Gasteiger partial charge in [0.05, 0.1) is 28.4 Å². The van der Waals surface area contributed by atoms with Crippen molar-refractivity contribution < 1.29 is 9.53 Å². The van der Waals surface area contributed by atoms with Gasteiger partial charge in [-0.1, -0.05) is 66.7 Å². The Morgan fingerprint density at radius 1 is 0.886 bits per heavy atom. The fourth-order valence-corrected chi connectivity index (χ4v) is 5.78. The summed E-state index contributed by atoms with van der Waals surface area (Å²) in [5.41, 5.74) is 7.61. The first-order valence-corrected chi connectivity index (χ1v) is 15.4. The van der Waals surface area contributed by atoms with Crippen LogP contribution in [0.5, 0.6) is 5.75 Å². The summed E-state index contributed by atoms with van der Waals surface area (Å²) in [6.07, 6.45) is 5.63. The Morgan fingerprint density at radius 2 is 1.59 bits per heavy atom. The van der Waals surface area contributed by atoms with E-state index in [0.717, 1.165) is 44.4 Å². The van der Waals surface area contributed by atoms with Crippen LogP contribution >= 0.6 is 11.8 Å². The summed E-state index contributed by atoms with van der Waals surface area (Å²) in [5, 5.41) is 11.3. The molecule has 7 heteroatoms. The number of hydrogen-bond acceptors (Lipinski definition) is 5. The lowest BCUT2D eigenvalue weighted by atomic mass is 10.0. The van der Waals surface area contributed by atoms with Gasteiger partial charge in [-0.25, -0.2) is 4.68 Å². The number of hydrogen-bond donors (Lipinski definition) is 0. The highest BCUT2D eigenvalue weighted by Crippen LogP contribution is 2.33. The molecule has 6 rings (SSSR count). The molecule has 0 bridgehead atoms. The quantitative estimate of drug-likeness (QED) is 0.0925. The Labute approximate surface area is 262 Å². The SMILES string of the molecule is C=CCOc1ccc(-c2nn(-c3ccccc3)cc2/C=C2\C(=O)N(c3ccccc3)N=C2CSc2ccc(C)cc2)cc1C. The highest BCUT2D eigenvalue weighted by Gasteiger charge is 2.31. The van der Waals surface area contributed by atoms with Gasteiger partial charge < -0.3 is 4.74 Å². The minimum Gasteiger partial charge on any atom is -0.489 e. The van der Waals surface area contributed by atoms with Crippen LogP contribution in [0, 0.1) is 13.8 Å². The van der Waals surface area contributed by atoms with Gasteiger partial charge >= 0.3 is 0 Å². The second-order valence-electron chi connectivity index (χ2n) is 10.5. The zero-order chi connectivity index (χ0) is 30.5. The number of carbonyl (C=O) groups excluding carboxylic acids is 1. The summed E-state index contributed by atoms with van der Waals surface area (Å²) in [6, 6.07) is 33.9. The largest absolute Gasteiger partial charge is 0.489 e. The normalized spacial score (nSPS) is 13.8. The standard InChI is InChI=1S/C37H32N4O2S/c1-4-21-43-35-20-17-28(22-27(35)3)36-29(24-40(39-36)30-11-7-5-8-12-30)23-33-34(25-44-32-18-15-26(2)16-19-32)38-41(37(33)42)31-13-9-6-10-14-31/h4-20,22-24H,1,21,25H2,2-3H3/b33-23-. The van der Waals surface area contributed by atoms with Crippen LogP contribution in [-0.4, -0.2) is 33.8 Å². The molecular formula is C37H32N4O2S. The van der Waals surface area contributed by atoms with Gasteiger partial charge in [-0.15, -0.1) is 11.8 Å². The molecular weight excluding hydrogens is 565 g/mol. The van der Waals surface area contributed by atoms with Crippen molar-refractivity contribution in [3.8, 4) is 22.7 Å². The van der Waals surface area contributed by atoms with Crippen LogP contribution in [0.4, 0.5) is 5.69 Å². The van der Waals surface area contributed by atoms with Gasteiger partial charge in [0.25, 0.3) is 5.91 Å². The number of thioether (sulfide) groups is 1. The summed E-state index contributed by atoms with van der Waals surface area (Å²) in [7, 11) is 0. The highest BCUT2D eigenvalue weighted by molar-refractivity contribution is 8.00. The Bertz CT molecular complexity index is 1860. The van der Waals surface area contributed by atoms with Crippen molar-refractivity contribution in [3.05, 3.63) is 144 Å². The monoisotopic (exact) mass is 596 g/mol. The fraction of sp³-hybridized carbons (Fsp3) is 0.108. The molecule has 0 saturated heterocycles. The van der Waals surface area contributed by atoms with Gasteiger partial charge in [0.1, 0.15) is 12.4 Å². The summed E-state index contributed by atoms with van der Waals surface area (Å²) in [5.74, 6) is 1.17. The molecule has 1 aromatic heterocycles. The molecule has 0 spiro atoms. The number of hydrazone groups is 1. The van der Waals surface area contributed by atoms with Crippen LogP contribution in [0.15, 0.2) is 138 Å². The second-order valence-corrected chi connectivity index (χ2v) is 11.5. The molecule has 218 valence electrons. The van der Waals surface area contributed by atoms with Crippen molar-refractivity contribution in [2.45, 2.75) is 18.7 Å². The highest BCUT2D eigenvalue weighted by atomic mass is 32.2. The third kappa shape index (κ3) is 6.28. The molecule has 0 unspecified atom stereocenters. The smallest absolute Gasteiger partial charge is 0.280 e. The van der Waals surface area contributed by atoms with Crippen molar-refractivity contribution >= 4 is 35.1 Å². The fourth-order valence-electron chi connectivity index (χ4n) is 4.93. The number of nitrogens with zero attached hydrogens (tertiary/aromatic N) is 4. The summed E-state index contributed by atoms with van der Waals surface area (Å²) in [4.78, 5) is 15.1. The number of amides is 1. The Hall–Kier alpha value is -5.14.